The molecule has 0 N–H and O–H groups in total. The average Bonchev–Trinajstić information content (AvgIpc) is 1.64. The van der Waals surface area contributed by atoms with E-state index in [1.807, 2.05) is 0 Å². The predicted molar refractivity (Wildman–Crippen MR) is 353 cm³/mol. The van der Waals surface area contributed by atoms with Crippen molar-refractivity contribution in [2.75, 3.05) is 0 Å². The van der Waals surface area contributed by atoms with Gasteiger partial charge in [0.2, 0.25) is 0 Å². The first kappa shape index (κ1) is 48.2. The Morgan fingerprint density at radius 2 is 0.447 bits per heavy atom. The maximum Gasteiger partial charge on any atom is 0.0725 e. The molecule has 0 heterocycles. The van der Waals surface area contributed by atoms with Crippen molar-refractivity contribution < 1.29 is 0 Å². The van der Waals surface area contributed by atoms with E-state index in [9.17, 15) is 0 Å². The van der Waals surface area contributed by atoms with Gasteiger partial charge in [-0.2, -0.15) is 0 Å². The average molecular weight is 1080 g/mol. The third-order valence-electron chi connectivity index (χ3n) is 20.2. The van der Waals surface area contributed by atoms with Gasteiger partial charge in [-0.25, -0.2) is 0 Å². The minimum Gasteiger partial charge on any atom is -0.0619 e. The highest BCUT2D eigenvalue weighted by molar-refractivity contribution is 6.00. The maximum atomic E-state index is 2.57. The number of rotatable bonds is 6. The van der Waals surface area contributed by atoms with Crippen LogP contribution in [-0.4, -0.2) is 0 Å². The van der Waals surface area contributed by atoms with Gasteiger partial charge in [-0.1, -0.05) is 290 Å². The monoisotopic (exact) mass is 1080 g/mol. The van der Waals surface area contributed by atoms with E-state index in [4.69, 9.17) is 0 Å². The van der Waals surface area contributed by atoms with Crippen molar-refractivity contribution in [1.29, 1.82) is 0 Å². The van der Waals surface area contributed by atoms with Crippen LogP contribution in [0, 0.1) is 13.8 Å². The summed E-state index contributed by atoms with van der Waals surface area (Å²) in [6.07, 6.45) is 0. The van der Waals surface area contributed by atoms with E-state index >= 15 is 0 Å². The minimum absolute atomic E-state index is 0.570. The second kappa shape index (κ2) is 17.8. The van der Waals surface area contributed by atoms with Crippen LogP contribution in [0.5, 0.6) is 0 Å². The lowest BCUT2D eigenvalue weighted by molar-refractivity contribution is 0.776. The van der Waals surface area contributed by atoms with Crippen LogP contribution in [0.15, 0.2) is 303 Å². The summed E-state index contributed by atoms with van der Waals surface area (Å²) in [4.78, 5) is 0. The molecular formula is C85H56. The van der Waals surface area contributed by atoms with Gasteiger partial charge in [0.15, 0.2) is 0 Å². The third-order valence-corrected chi connectivity index (χ3v) is 20.2. The van der Waals surface area contributed by atoms with Crippen LogP contribution >= 0.6 is 0 Å². The fraction of sp³-hybridized carbons (Fsp3) is 0.0588. The zero-order valence-electron chi connectivity index (χ0n) is 47.4. The van der Waals surface area contributed by atoms with Gasteiger partial charge in [0.1, 0.15) is 0 Å². The smallest absolute Gasteiger partial charge is 0.0619 e. The van der Waals surface area contributed by atoms with Gasteiger partial charge in [0.05, 0.1) is 16.2 Å². The molecule has 85 heavy (non-hydrogen) atoms. The molecule has 0 nitrogen and oxygen atoms in total. The van der Waals surface area contributed by atoms with E-state index in [-0.39, 0.29) is 0 Å². The highest BCUT2D eigenvalue weighted by Crippen LogP contribution is 2.65. The molecule has 2 atom stereocenters. The van der Waals surface area contributed by atoms with Crippen LogP contribution in [0.25, 0.3) is 88.3 Å². The van der Waals surface area contributed by atoms with Crippen LogP contribution in [0.1, 0.15) is 77.9 Å². The Labute approximate surface area is 496 Å². The molecule has 4 aliphatic carbocycles. The summed E-state index contributed by atoms with van der Waals surface area (Å²) < 4.78 is 0. The molecule has 4 aliphatic rings. The molecule has 2 unspecified atom stereocenters. The van der Waals surface area contributed by atoms with Crippen molar-refractivity contribution in [2.45, 2.75) is 30.1 Å². The molecule has 1 spiro atoms. The summed E-state index contributed by atoms with van der Waals surface area (Å²) in [5.41, 5.74) is 31.7. The van der Waals surface area contributed by atoms with E-state index in [0.717, 1.165) is 0 Å². The van der Waals surface area contributed by atoms with Gasteiger partial charge in [-0.3, -0.25) is 0 Å². The topological polar surface area (TPSA) is 0 Å². The Morgan fingerprint density at radius 1 is 0.188 bits per heavy atom. The molecule has 18 rings (SSSR count). The zero-order valence-corrected chi connectivity index (χ0v) is 47.4. The Bertz CT molecular complexity index is 4810. The number of fused-ring (bicyclic) bond motifs is 18. The quantitative estimate of drug-likeness (QED) is 0.156. The van der Waals surface area contributed by atoms with Crippen molar-refractivity contribution in [3.63, 3.8) is 0 Å². The van der Waals surface area contributed by atoms with Crippen LogP contribution in [0.3, 0.4) is 0 Å². The predicted octanol–water partition coefficient (Wildman–Crippen LogP) is 21.0. The number of hydrogen-bond donors (Lipinski definition) is 0. The first-order chi connectivity index (χ1) is 41.9. The Morgan fingerprint density at radius 3 is 0.800 bits per heavy atom. The fourth-order valence-electron chi connectivity index (χ4n) is 16.6. The van der Waals surface area contributed by atoms with E-state index in [1.165, 1.54) is 166 Å². The van der Waals surface area contributed by atoms with Gasteiger partial charge < -0.3 is 0 Å². The Balaban J connectivity index is 0.854. The molecule has 0 bridgehead atoms. The maximum absolute atomic E-state index is 2.57. The van der Waals surface area contributed by atoms with Crippen LogP contribution in [-0.2, 0) is 16.2 Å². The normalized spacial score (nSPS) is 16.8. The number of hydrogen-bond acceptors (Lipinski definition) is 0. The molecule has 0 aromatic heterocycles. The van der Waals surface area contributed by atoms with Crippen molar-refractivity contribution in [3.05, 3.63) is 381 Å². The summed E-state index contributed by atoms with van der Waals surface area (Å²) in [6.45, 7) is 4.39. The Hall–Kier alpha value is -10.4. The molecule has 0 aliphatic heterocycles. The van der Waals surface area contributed by atoms with Gasteiger partial charge >= 0.3 is 0 Å². The molecule has 0 fully saturated rings. The van der Waals surface area contributed by atoms with Gasteiger partial charge in [0, 0.05) is 0 Å². The van der Waals surface area contributed by atoms with Gasteiger partial charge in [-0.15, -0.1) is 0 Å². The van der Waals surface area contributed by atoms with Crippen molar-refractivity contribution in [1.82, 2.24) is 0 Å². The van der Waals surface area contributed by atoms with Crippen LogP contribution in [0.4, 0.5) is 0 Å². The summed E-state index contributed by atoms with van der Waals surface area (Å²) in [6, 6.07) is 117. The lowest BCUT2D eigenvalue weighted by Crippen LogP contribution is -2.29. The van der Waals surface area contributed by atoms with Gasteiger partial charge in [0.25, 0.3) is 0 Å². The third kappa shape index (κ3) is 6.36. The highest BCUT2D eigenvalue weighted by atomic mass is 14.5. The second-order valence-corrected chi connectivity index (χ2v) is 24.3. The highest BCUT2D eigenvalue weighted by Gasteiger charge is 2.53. The fourth-order valence-corrected chi connectivity index (χ4v) is 16.6. The van der Waals surface area contributed by atoms with Crippen molar-refractivity contribution >= 4 is 21.5 Å². The van der Waals surface area contributed by atoms with E-state index < -0.39 is 16.2 Å². The first-order valence-electron chi connectivity index (χ1n) is 30.0. The lowest BCUT2D eigenvalue weighted by Gasteiger charge is -2.35. The minimum atomic E-state index is -0.576. The van der Waals surface area contributed by atoms with E-state index in [0.29, 0.717) is 0 Å². The molecule has 14 aromatic carbocycles. The van der Waals surface area contributed by atoms with Gasteiger partial charge in [-0.05, 0) is 193 Å². The first-order valence-corrected chi connectivity index (χ1v) is 30.0. The van der Waals surface area contributed by atoms with E-state index in [2.05, 4.69) is 317 Å². The van der Waals surface area contributed by atoms with Crippen molar-refractivity contribution in [2.24, 2.45) is 0 Å². The molecule has 396 valence electrons. The van der Waals surface area contributed by atoms with E-state index in [1.54, 1.807) is 0 Å². The lowest BCUT2D eigenvalue weighted by atomic mass is 9.66. The molecule has 0 saturated heterocycles. The Kier molecular flexibility index (Phi) is 10.1. The zero-order chi connectivity index (χ0) is 56.2. The standard InChI is InChI=1S/C85H56/c1-53-33-41-61(42-34-53)83(73-31-15-19-55-17-3-5-21-63(55)73)75-27-11-7-25-67(75)69-45-37-57(49-79(69)83)59-39-47-71-72-48-40-60(52-82(72)85(81(71)51-59)77-29-13-9-23-65(77)66-24-10-14-30-78(66)85)58-38-46-70-68-26-8-12-28-76(68)84(80(70)50-58,62-43-35-54(2)36-44-62)74-32-16-20-56-18-4-6-22-64(56)74/h3-52H,1-2H3. The molecule has 0 heteroatoms. The molecule has 0 radical (unpaired) electrons. The summed E-state index contributed by atoms with van der Waals surface area (Å²) in [7, 11) is 0. The SMILES string of the molecule is Cc1ccc(C2(c3cccc4ccccc34)c3ccccc3-c3ccc(-c4ccc5c(c4)C4(c6ccccc6-c6ccccc64)c4cc(-c6ccc7c(c6)C(c6ccc(C)cc6)(c6cccc8ccccc68)c6ccccc6-7)ccc4-5)cc32)cc1. The summed E-state index contributed by atoms with van der Waals surface area (Å²) >= 11 is 0. The molecule has 0 amide bonds. The molecule has 14 aromatic rings. The summed E-state index contributed by atoms with van der Waals surface area (Å²) in [5, 5.41) is 5.04. The molecule has 0 saturated carbocycles. The molecular weight excluding hydrogens is 1020 g/mol. The largest absolute Gasteiger partial charge is 0.0725 e. The second-order valence-electron chi connectivity index (χ2n) is 24.3. The number of aryl methyl sites for hydroxylation is 2. The number of benzene rings is 14. The van der Waals surface area contributed by atoms with Crippen LogP contribution < -0.4 is 0 Å². The van der Waals surface area contributed by atoms with Crippen LogP contribution in [0.2, 0.25) is 0 Å². The summed E-state index contributed by atoms with van der Waals surface area (Å²) in [5.74, 6) is 0. The van der Waals surface area contributed by atoms with Crippen molar-refractivity contribution in [3.8, 4) is 66.8 Å².